The molecule has 1 aromatic carbocycles. The molecule has 2 rings (SSSR count). The number of hydrogen-bond acceptors (Lipinski definition) is 2. The van der Waals surface area contributed by atoms with Gasteiger partial charge < -0.3 is 10.2 Å². The summed E-state index contributed by atoms with van der Waals surface area (Å²) in [5.41, 5.74) is 2.84. The third-order valence-corrected chi connectivity index (χ3v) is 3.93. The van der Waals surface area contributed by atoms with Crippen LogP contribution in [0, 0.1) is 6.92 Å². The van der Waals surface area contributed by atoms with Gasteiger partial charge in [-0.3, -0.25) is 0 Å². The minimum Gasteiger partial charge on any atom is -0.317 e. The van der Waals surface area contributed by atoms with Crippen LogP contribution in [0.15, 0.2) is 24.3 Å². The summed E-state index contributed by atoms with van der Waals surface area (Å²) in [7, 11) is 0. The van der Waals surface area contributed by atoms with E-state index in [1.165, 1.54) is 69.4 Å². The monoisotopic (exact) mass is 260 g/mol. The van der Waals surface area contributed by atoms with Crippen LogP contribution in [0.3, 0.4) is 0 Å². The Bertz CT molecular complexity index is 356. The smallest absolute Gasteiger partial charge is 0.000664 e. The molecule has 0 aromatic heterocycles. The van der Waals surface area contributed by atoms with Gasteiger partial charge in [0.15, 0.2) is 0 Å². The van der Waals surface area contributed by atoms with Gasteiger partial charge in [-0.15, -0.1) is 0 Å². The van der Waals surface area contributed by atoms with Gasteiger partial charge in [0.1, 0.15) is 0 Å². The van der Waals surface area contributed by atoms with Crippen LogP contribution in [0.2, 0.25) is 0 Å². The highest BCUT2D eigenvalue weighted by Gasteiger charge is 2.09. The van der Waals surface area contributed by atoms with E-state index in [4.69, 9.17) is 0 Å². The summed E-state index contributed by atoms with van der Waals surface area (Å²) in [6.07, 6.45) is 6.55. The van der Waals surface area contributed by atoms with Crippen molar-refractivity contribution in [2.45, 2.75) is 39.0 Å². The molecule has 1 N–H and O–H groups in total. The van der Waals surface area contributed by atoms with Gasteiger partial charge in [-0.05, 0) is 77.3 Å². The van der Waals surface area contributed by atoms with E-state index in [-0.39, 0.29) is 0 Å². The van der Waals surface area contributed by atoms with Gasteiger partial charge >= 0.3 is 0 Å². The van der Waals surface area contributed by atoms with Gasteiger partial charge in [0.25, 0.3) is 0 Å². The van der Waals surface area contributed by atoms with E-state index in [0.717, 1.165) is 6.54 Å². The lowest BCUT2D eigenvalue weighted by Gasteiger charge is -2.14. The maximum absolute atomic E-state index is 3.57. The van der Waals surface area contributed by atoms with Gasteiger partial charge in [0.2, 0.25) is 0 Å². The lowest BCUT2D eigenvalue weighted by atomic mass is 10.1. The average Bonchev–Trinajstić information content (AvgIpc) is 2.91. The fourth-order valence-corrected chi connectivity index (χ4v) is 2.84. The van der Waals surface area contributed by atoms with Crippen molar-refractivity contribution in [3.05, 3.63) is 35.4 Å². The number of aryl methyl sites for hydroxylation is 2. The summed E-state index contributed by atoms with van der Waals surface area (Å²) < 4.78 is 0. The average molecular weight is 260 g/mol. The summed E-state index contributed by atoms with van der Waals surface area (Å²) >= 11 is 0. The number of nitrogens with zero attached hydrogens (tertiary/aromatic N) is 1. The summed E-state index contributed by atoms with van der Waals surface area (Å²) in [6.45, 7) is 8.42. The van der Waals surface area contributed by atoms with Crippen LogP contribution in [-0.4, -0.2) is 37.6 Å². The van der Waals surface area contributed by atoms with Crippen molar-refractivity contribution in [1.82, 2.24) is 10.2 Å². The third-order valence-electron chi connectivity index (χ3n) is 3.93. The predicted octanol–water partition coefficient (Wildman–Crippen LogP) is 3.00. The molecule has 0 radical (unpaired) electrons. The molecule has 1 heterocycles. The zero-order valence-corrected chi connectivity index (χ0v) is 12.3. The van der Waals surface area contributed by atoms with Gasteiger partial charge in [0, 0.05) is 0 Å². The first-order valence-electron chi connectivity index (χ1n) is 7.83. The summed E-state index contributed by atoms with van der Waals surface area (Å²) in [4.78, 5) is 2.59. The largest absolute Gasteiger partial charge is 0.317 e. The van der Waals surface area contributed by atoms with Crippen LogP contribution in [0.1, 0.15) is 36.8 Å². The second-order valence-corrected chi connectivity index (χ2v) is 5.74. The minimum absolute atomic E-state index is 1.15. The molecule has 1 aromatic rings. The Labute approximate surface area is 118 Å². The maximum atomic E-state index is 3.57. The first kappa shape index (κ1) is 14.5. The number of hydrogen-bond donors (Lipinski definition) is 1. The fourth-order valence-electron chi connectivity index (χ4n) is 2.84. The Hall–Kier alpha value is -0.860. The molecule has 0 spiro atoms. The molecule has 2 nitrogen and oxygen atoms in total. The Kier molecular flexibility index (Phi) is 6.38. The standard InChI is InChI=1S/C17H28N2/c1-16-7-4-8-17(15-16)9-5-10-18-11-6-14-19-12-2-3-13-19/h4,7-8,15,18H,2-3,5-6,9-14H2,1H3. The van der Waals surface area contributed by atoms with Crippen molar-refractivity contribution in [3.8, 4) is 0 Å². The third kappa shape index (κ3) is 5.75. The highest BCUT2D eigenvalue weighted by molar-refractivity contribution is 5.22. The molecule has 1 aliphatic heterocycles. The molecule has 0 atom stereocenters. The van der Waals surface area contributed by atoms with Crippen molar-refractivity contribution in [2.24, 2.45) is 0 Å². The van der Waals surface area contributed by atoms with Gasteiger partial charge in [0.05, 0.1) is 0 Å². The Morgan fingerprint density at radius 2 is 1.89 bits per heavy atom. The molecule has 0 unspecified atom stereocenters. The zero-order chi connectivity index (χ0) is 13.3. The number of benzene rings is 1. The van der Waals surface area contributed by atoms with Crippen LogP contribution in [-0.2, 0) is 6.42 Å². The number of rotatable bonds is 8. The van der Waals surface area contributed by atoms with Crippen LogP contribution in [0.25, 0.3) is 0 Å². The van der Waals surface area contributed by atoms with Gasteiger partial charge in [-0.2, -0.15) is 0 Å². The molecule has 0 amide bonds. The molecule has 106 valence electrons. The molecular weight excluding hydrogens is 232 g/mol. The molecule has 1 aliphatic rings. The van der Waals surface area contributed by atoms with E-state index >= 15 is 0 Å². The highest BCUT2D eigenvalue weighted by atomic mass is 15.1. The quantitative estimate of drug-likeness (QED) is 0.723. The normalized spacial score (nSPS) is 16.1. The molecule has 1 fully saturated rings. The van der Waals surface area contributed by atoms with E-state index in [2.05, 4.69) is 41.4 Å². The van der Waals surface area contributed by atoms with Gasteiger partial charge in [-0.1, -0.05) is 29.8 Å². The lowest BCUT2D eigenvalue weighted by molar-refractivity contribution is 0.331. The zero-order valence-electron chi connectivity index (χ0n) is 12.3. The molecule has 1 saturated heterocycles. The van der Waals surface area contributed by atoms with Crippen LogP contribution in [0.4, 0.5) is 0 Å². The van der Waals surface area contributed by atoms with E-state index in [9.17, 15) is 0 Å². The van der Waals surface area contributed by atoms with Crippen molar-refractivity contribution < 1.29 is 0 Å². The van der Waals surface area contributed by atoms with Crippen molar-refractivity contribution in [3.63, 3.8) is 0 Å². The number of nitrogens with one attached hydrogen (secondary N) is 1. The van der Waals surface area contributed by atoms with Crippen molar-refractivity contribution >= 4 is 0 Å². The summed E-state index contributed by atoms with van der Waals surface area (Å²) in [5.74, 6) is 0. The molecule has 0 bridgehead atoms. The van der Waals surface area contributed by atoms with Gasteiger partial charge in [-0.25, -0.2) is 0 Å². The SMILES string of the molecule is Cc1cccc(CCCNCCCN2CCCC2)c1. The topological polar surface area (TPSA) is 15.3 Å². The van der Waals surface area contributed by atoms with Crippen molar-refractivity contribution in [1.29, 1.82) is 0 Å². The number of likely N-dealkylation sites (tertiary alicyclic amines) is 1. The highest BCUT2D eigenvalue weighted by Crippen LogP contribution is 2.07. The maximum Gasteiger partial charge on any atom is -0.000664 e. The van der Waals surface area contributed by atoms with E-state index < -0.39 is 0 Å². The van der Waals surface area contributed by atoms with Crippen molar-refractivity contribution in [2.75, 3.05) is 32.7 Å². The van der Waals surface area contributed by atoms with Crippen LogP contribution in [0.5, 0.6) is 0 Å². The summed E-state index contributed by atoms with van der Waals surface area (Å²) in [5, 5.41) is 3.57. The Morgan fingerprint density at radius 3 is 2.68 bits per heavy atom. The fraction of sp³-hybridized carbons (Fsp3) is 0.647. The molecule has 2 heteroatoms. The first-order valence-corrected chi connectivity index (χ1v) is 7.83. The van der Waals surface area contributed by atoms with Crippen LogP contribution < -0.4 is 5.32 Å². The van der Waals surface area contributed by atoms with E-state index in [1.54, 1.807) is 0 Å². The molecular formula is C17H28N2. The van der Waals surface area contributed by atoms with E-state index in [1.807, 2.05) is 0 Å². The molecule has 19 heavy (non-hydrogen) atoms. The minimum atomic E-state index is 1.15. The Morgan fingerprint density at radius 1 is 1.11 bits per heavy atom. The second-order valence-electron chi connectivity index (χ2n) is 5.74. The molecule has 0 aliphatic carbocycles. The predicted molar refractivity (Wildman–Crippen MR) is 82.7 cm³/mol. The van der Waals surface area contributed by atoms with E-state index in [0.29, 0.717) is 0 Å². The first-order chi connectivity index (χ1) is 9.34. The van der Waals surface area contributed by atoms with Crippen LogP contribution >= 0.6 is 0 Å². The second kappa shape index (κ2) is 8.34. The Balaban J connectivity index is 1.46. The lowest BCUT2D eigenvalue weighted by Crippen LogP contribution is -2.25. The molecule has 0 saturated carbocycles. The summed E-state index contributed by atoms with van der Waals surface area (Å²) in [6, 6.07) is 8.86.